The maximum Gasteiger partial charge on any atom is 0.243 e. The number of Topliss-reactive ketones (excluding diaryl/α,β-unsaturated/α-hetero) is 1. The second-order valence-electron chi connectivity index (χ2n) is 4.11. The number of pyridine rings is 1. The lowest BCUT2D eigenvalue weighted by molar-refractivity contribution is 0.0884. The van der Waals surface area contributed by atoms with E-state index in [0.29, 0.717) is 0 Å². The maximum absolute atomic E-state index is 13.0. The molecule has 1 heterocycles. The van der Waals surface area contributed by atoms with Crippen LogP contribution in [0, 0.1) is 0 Å². The van der Waals surface area contributed by atoms with Crippen LogP contribution < -0.4 is 4.72 Å². The molecule has 0 bridgehead atoms. The van der Waals surface area contributed by atoms with E-state index in [9.17, 15) is 17.6 Å². The van der Waals surface area contributed by atoms with Crippen molar-refractivity contribution in [1.82, 2.24) is 9.71 Å². The fourth-order valence-electron chi connectivity index (χ4n) is 1.35. The highest BCUT2D eigenvalue weighted by Gasteiger charge is 2.26. The molecule has 0 aromatic carbocycles. The van der Waals surface area contributed by atoms with Crippen LogP contribution in [0.4, 0.5) is 4.39 Å². The number of hydrogen-bond donors (Lipinski definition) is 1. The highest BCUT2D eigenvalue weighted by Crippen LogP contribution is 2.16. The first-order valence-corrected chi connectivity index (χ1v) is 6.89. The molecule has 0 aliphatic carbocycles. The van der Waals surface area contributed by atoms with Crippen LogP contribution in [0.5, 0.6) is 0 Å². The van der Waals surface area contributed by atoms with Crippen molar-refractivity contribution in [2.45, 2.75) is 37.9 Å². The van der Waals surface area contributed by atoms with E-state index < -0.39 is 22.0 Å². The molecule has 1 N–H and O–H groups in total. The van der Waals surface area contributed by atoms with Crippen LogP contribution in [0.2, 0.25) is 0 Å². The van der Waals surface area contributed by atoms with Gasteiger partial charge in [-0.1, -0.05) is 0 Å². The van der Waals surface area contributed by atoms with E-state index in [1.54, 1.807) is 13.8 Å². The van der Waals surface area contributed by atoms with Gasteiger partial charge in [-0.25, -0.2) is 17.5 Å². The molecule has 1 aromatic heterocycles. The Kier molecular flexibility index (Phi) is 4.53. The van der Waals surface area contributed by atoms with Crippen molar-refractivity contribution in [2.24, 2.45) is 0 Å². The molecular formula is C11H15FN2O3S. The topological polar surface area (TPSA) is 76.1 Å². The van der Waals surface area contributed by atoms with Gasteiger partial charge in [0.2, 0.25) is 15.8 Å². The molecule has 0 aliphatic heterocycles. The molecule has 1 aromatic rings. The van der Waals surface area contributed by atoms with Gasteiger partial charge in [-0.15, -0.1) is 0 Å². The summed E-state index contributed by atoms with van der Waals surface area (Å²) < 4.78 is 39.3. The highest BCUT2D eigenvalue weighted by atomic mass is 32.2. The fourth-order valence-corrected chi connectivity index (χ4v) is 2.77. The Hall–Kier alpha value is -1.34. The van der Waals surface area contributed by atoms with E-state index >= 15 is 0 Å². The minimum Gasteiger partial charge on any atom is -0.289 e. The number of halogens is 1. The number of carbonyl (C=O) groups is 1. The Morgan fingerprint density at radius 1 is 1.39 bits per heavy atom. The molecule has 7 heteroatoms. The zero-order chi connectivity index (χ0) is 13.9. The summed E-state index contributed by atoms with van der Waals surface area (Å²) in [6.07, 6.45) is -0.544. The van der Waals surface area contributed by atoms with Gasteiger partial charge in [0, 0.05) is 12.2 Å². The third kappa shape index (κ3) is 3.33. The minimum atomic E-state index is -3.87. The molecule has 1 rings (SSSR count). The average Bonchev–Trinajstić information content (AvgIpc) is 2.26. The average molecular weight is 274 g/mol. The lowest BCUT2D eigenvalue weighted by Gasteiger charge is -2.12. The zero-order valence-electron chi connectivity index (χ0n) is 10.3. The number of sulfonamides is 1. The van der Waals surface area contributed by atoms with E-state index in [-0.39, 0.29) is 16.6 Å². The summed E-state index contributed by atoms with van der Waals surface area (Å²) in [4.78, 5) is 14.9. The molecule has 0 radical (unpaired) electrons. The number of hydrogen-bond acceptors (Lipinski definition) is 4. The normalized spacial score (nSPS) is 13.6. The minimum absolute atomic E-state index is 0.298. The monoisotopic (exact) mass is 274 g/mol. The number of nitrogens with one attached hydrogen (secondary N) is 1. The Balaban J connectivity index is 3.30. The van der Waals surface area contributed by atoms with Gasteiger partial charge in [0.1, 0.15) is 10.6 Å². The van der Waals surface area contributed by atoms with Crippen LogP contribution in [0.3, 0.4) is 0 Å². The van der Waals surface area contributed by atoms with Crippen LogP contribution in [-0.4, -0.2) is 31.4 Å². The van der Waals surface area contributed by atoms with Gasteiger partial charge in [-0.2, -0.15) is 0 Å². The van der Waals surface area contributed by atoms with Crippen LogP contribution >= 0.6 is 0 Å². The first-order valence-electron chi connectivity index (χ1n) is 5.41. The molecule has 0 aliphatic rings. The van der Waals surface area contributed by atoms with Gasteiger partial charge in [-0.05, 0) is 32.9 Å². The molecular weight excluding hydrogens is 259 g/mol. The van der Waals surface area contributed by atoms with E-state index in [1.165, 1.54) is 18.3 Å². The molecule has 18 heavy (non-hydrogen) atoms. The number of aromatic nitrogens is 1. The highest BCUT2D eigenvalue weighted by molar-refractivity contribution is 7.89. The van der Waals surface area contributed by atoms with Crippen molar-refractivity contribution in [1.29, 1.82) is 0 Å². The van der Waals surface area contributed by atoms with Crippen LogP contribution in [-0.2, 0) is 10.0 Å². The van der Waals surface area contributed by atoms with E-state index in [0.717, 1.165) is 6.92 Å². The Morgan fingerprint density at radius 2 is 2.00 bits per heavy atom. The van der Waals surface area contributed by atoms with Crippen molar-refractivity contribution < 1.29 is 17.6 Å². The summed E-state index contributed by atoms with van der Waals surface area (Å²) in [5, 5.41) is 0. The number of carbonyl (C=O) groups excluding carboxylic acids is 1. The number of nitrogens with zero attached hydrogens (tertiary/aromatic N) is 1. The summed E-state index contributed by atoms with van der Waals surface area (Å²) in [6.45, 7) is 4.34. The number of ketones is 1. The predicted octanol–water partition coefficient (Wildman–Crippen LogP) is 1.31. The second kappa shape index (κ2) is 5.53. The molecule has 1 unspecified atom stereocenters. The molecule has 1 atom stereocenters. The van der Waals surface area contributed by atoms with Crippen molar-refractivity contribution in [2.75, 3.05) is 0 Å². The van der Waals surface area contributed by atoms with Gasteiger partial charge >= 0.3 is 0 Å². The molecule has 0 fully saturated rings. The first kappa shape index (κ1) is 14.7. The number of alkyl halides is 1. The van der Waals surface area contributed by atoms with Crippen molar-refractivity contribution >= 4 is 15.8 Å². The largest absolute Gasteiger partial charge is 0.289 e. The van der Waals surface area contributed by atoms with Crippen LogP contribution in [0.25, 0.3) is 0 Å². The molecule has 100 valence electrons. The Bertz CT molecular complexity index is 541. The quantitative estimate of drug-likeness (QED) is 0.821. The predicted molar refractivity (Wildman–Crippen MR) is 64.6 cm³/mol. The third-order valence-electron chi connectivity index (χ3n) is 2.05. The van der Waals surface area contributed by atoms with Gasteiger partial charge in [0.25, 0.3) is 0 Å². The van der Waals surface area contributed by atoms with E-state index in [4.69, 9.17) is 0 Å². The Labute approximate surface area is 105 Å². The second-order valence-corrected chi connectivity index (χ2v) is 5.79. The smallest absolute Gasteiger partial charge is 0.243 e. The lowest BCUT2D eigenvalue weighted by atomic mass is 10.2. The SMILES string of the molecule is CC(C)NS(=O)(=O)c1cccnc1C(=O)C(C)F. The van der Waals surface area contributed by atoms with E-state index in [2.05, 4.69) is 9.71 Å². The van der Waals surface area contributed by atoms with E-state index in [1.807, 2.05) is 0 Å². The lowest BCUT2D eigenvalue weighted by Crippen LogP contribution is -2.32. The third-order valence-corrected chi connectivity index (χ3v) is 3.74. The molecule has 0 spiro atoms. The molecule has 0 saturated heterocycles. The van der Waals surface area contributed by atoms with Gasteiger partial charge in [0.15, 0.2) is 6.17 Å². The molecule has 5 nitrogen and oxygen atoms in total. The molecule has 0 amide bonds. The van der Waals surface area contributed by atoms with Crippen LogP contribution in [0.1, 0.15) is 31.3 Å². The maximum atomic E-state index is 13.0. The van der Waals surface area contributed by atoms with Crippen molar-refractivity contribution in [3.8, 4) is 0 Å². The number of rotatable bonds is 5. The first-order chi connectivity index (χ1) is 8.25. The zero-order valence-corrected chi connectivity index (χ0v) is 11.2. The van der Waals surface area contributed by atoms with Gasteiger partial charge in [0.05, 0.1) is 0 Å². The summed E-state index contributed by atoms with van der Waals surface area (Å²) in [6, 6.07) is 2.28. The molecule has 0 saturated carbocycles. The Morgan fingerprint density at radius 3 is 2.50 bits per heavy atom. The fraction of sp³-hybridized carbons (Fsp3) is 0.455. The standard InChI is InChI=1S/C11H15FN2O3S/c1-7(2)14-18(16,17)9-5-4-6-13-10(9)11(15)8(3)12/h4-8,14H,1-3H3. The summed E-state index contributed by atoms with van der Waals surface area (Å²) in [5.74, 6) is -0.945. The van der Waals surface area contributed by atoms with Crippen molar-refractivity contribution in [3.05, 3.63) is 24.0 Å². The van der Waals surface area contributed by atoms with Gasteiger partial charge in [-0.3, -0.25) is 9.78 Å². The van der Waals surface area contributed by atoms with Crippen LogP contribution in [0.15, 0.2) is 23.2 Å². The summed E-state index contributed by atoms with van der Waals surface area (Å²) in [7, 11) is -3.87. The van der Waals surface area contributed by atoms with Crippen molar-refractivity contribution in [3.63, 3.8) is 0 Å². The van der Waals surface area contributed by atoms with Gasteiger partial charge < -0.3 is 0 Å². The summed E-state index contributed by atoms with van der Waals surface area (Å²) >= 11 is 0. The summed E-state index contributed by atoms with van der Waals surface area (Å²) in [5.41, 5.74) is -0.374.